The summed E-state index contributed by atoms with van der Waals surface area (Å²) in [5.41, 5.74) is -0.00758. The lowest BCUT2D eigenvalue weighted by Gasteiger charge is -2.15. The van der Waals surface area contributed by atoms with Gasteiger partial charge < -0.3 is 5.11 Å². The minimum absolute atomic E-state index is 0.0864. The van der Waals surface area contributed by atoms with Crippen LogP contribution in [0.4, 0.5) is 13.2 Å². The predicted octanol–water partition coefficient (Wildman–Crippen LogP) is 4.91. The van der Waals surface area contributed by atoms with Crippen molar-refractivity contribution in [3.63, 3.8) is 0 Å². The Morgan fingerprint density at radius 3 is 2.40 bits per heavy atom. The van der Waals surface area contributed by atoms with E-state index in [4.69, 9.17) is 0 Å². The minimum atomic E-state index is -1.22. The van der Waals surface area contributed by atoms with Crippen molar-refractivity contribution >= 4 is 31.9 Å². The molecule has 0 aliphatic heterocycles. The Morgan fingerprint density at radius 1 is 1.00 bits per heavy atom. The molecule has 0 amide bonds. The maximum atomic E-state index is 13.8. The van der Waals surface area contributed by atoms with Crippen molar-refractivity contribution < 1.29 is 18.3 Å². The first-order valence-electron chi connectivity index (χ1n) is 5.66. The number of halogens is 5. The van der Waals surface area contributed by atoms with Gasteiger partial charge in [-0.1, -0.05) is 12.1 Å². The Hall–Kier alpha value is -0.850. The molecule has 6 heteroatoms. The Balaban J connectivity index is 2.35. The van der Waals surface area contributed by atoms with E-state index in [2.05, 4.69) is 31.9 Å². The summed E-state index contributed by atoms with van der Waals surface area (Å²) in [5.74, 6) is -2.06. The smallest absolute Gasteiger partial charge is 0.143 e. The van der Waals surface area contributed by atoms with Gasteiger partial charge in [0.05, 0.1) is 15.0 Å². The van der Waals surface area contributed by atoms with E-state index in [-0.39, 0.29) is 26.5 Å². The van der Waals surface area contributed by atoms with Crippen molar-refractivity contribution in [1.82, 2.24) is 0 Å². The zero-order valence-corrected chi connectivity index (χ0v) is 13.2. The molecule has 0 aliphatic rings. The van der Waals surface area contributed by atoms with Crippen molar-refractivity contribution in [2.24, 2.45) is 0 Å². The molecule has 1 N–H and O–H groups in total. The van der Waals surface area contributed by atoms with Gasteiger partial charge >= 0.3 is 0 Å². The van der Waals surface area contributed by atoms with Crippen molar-refractivity contribution in [2.75, 3.05) is 0 Å². The SMILES string of the molecule is OC(Cc1c(F)ccc(Br)c1F)c1cccc(F)c1Br. The quantitative estimate of drug-likeness (QED) is 0.714. The number of hydrogen-bond donors (Lipinski definition) is 1. The number of rotatable bonds is 3. The van der Waals surface area contributed by atoms with Gasteiger partial charge in [-0.15, -0.1) is 0 Å². The summed E-state index contributed by atoms with van der Waals surface area (Å²) in [6.45, 7) is 0. The zero-order chi connectivity index (χ0) is 14.9. The van der Waals surface area contributed by atoms with Crippen LogP contribution in [0.3, 0.4) is 0 Å². The van der Waals surface area contributed by atoms with Gasteiger partial charge in [0.1, 0.15) is 17.5 Å². The van der Waals surface area contributed by atoms with Crippen LogP contribution in [0, 0.1) is 17.5 Å². The predicted molar refractivity (Wildman–Crippen MR) is 76.8 cm³/mol. The standard InChI is InChI=1S/C14H9Br2F3O/c15-9-4-5-10(17)8(14(9)19)6-12(20)7-2-1-3-11(18)13(7)16/h1-5,12,20H,6H2. The normalized spacial score (nSPS) is 12.5. The number of benzene rings is 2. The van der Waals surface area contributed by atoms with Crippen LogP contribution in [0.5, 0.6) is 0 Å². The fraction of sp³-hybridized carbons (Fsp3) is 0.143. The Labute approximate surface area is 130 Å². The molecule has 0 bridgehead atoms. The molecule has 2 rings (SSSR count). The summed E-state index contributed by atoms with van der Waals surface area (Å²) in [6, 6.07) is 6.49. The summed E-state index contributed by atoms with van der Waals surface area (Å²) in [6.07, 6.45) is -1.52. The molecule has 0 radical (unpaired) electrons. The highest BCUT2D eigenvalue weighted by Gasteiger charge is 2.20. The first-order valence-corrected chi connectivity index (χ1v) is 7.24. The van der Waals surface area contributed by atoms with Gasteiger partial charge in [-0.3, -0.25) is 0 Å². The Kier molecular flexibility index (Phi) is 4.88. The molecule has 1 nitrogen and oxygen atoms in total. The van der Waals surface area contributed by atoms with Crippen molar-refractivity contribution in [3.8, 4) is 0 Å². The fourth-order valence-electron chi connectivity index (χ4n) is 1.84. The van der Waals surface area contributed by atoms with Crippen molar-refractivity contribution in [2.45, 2.75) is 12.5 Å². The first-order chi connectivity index (χ1) is 9.41. The third kappa shape index (κ3) is 3.07. The van der Waals surface area contributed by atoms with Crippen LogP contribution < -0.4 is 0 Å². The molecule has 1 unspecified atom stereocenters. The number of hydrogen-bond acceptors (Lipinski definition) is 1. The molecular formula is C14H9Br2F3O. The molecule has 2 aromatic rings. The van der Waals surface area contributed by atoms with E-state index in [9.17, 15) is 18.3 Å². The average Bonchev–Trinajstić information content (AvgIpc) is 2.42. The highest BCUT2D eigenvalue weighted by molar-refractivity contribution is 9.10. The molecule has 0 saturated heterocycles. The molecule has 20 heavy (non-hydrogen) atoms. The maximum absolute atomic E-state index is 13.8. The molecule has 106 valence electrons. The number of aliphatic hydroxyl groups is 1. The molecule has 0 spiro atoms. The summed E-state index contributed by atoms with van der Waals surface area (Å²) in [7, 11) is 0. The van der Waals surface area contributed by atoms with Crippen molar-refractivity contribution in [3.05, 3.63) is 67.9 Å². The van der Waals surface area contributed by atoms with E-state index in [1.165, 1.54) is 24.3 Å². The lowest BCUT2D eigenvalue weighted by atomic mass is 10.0. The summed E-state index contributed by atoms with van der Waals surface area (Å²) < 4.78 is 41.0. The van der Waals surface area contributed by atoms with E-state index in [1.807, 2.05) is 0 Å². The van der Waals surface area contributed by atoms with Gasteiger partial charge in [0, 0.05) is 12.0 Å². The molecule has 0 aliphatic carbocycles. The Morgan fingerprint density at radius 2 is 1.70 bits per heavy atom. The number of aliphatic hydroxyl groups excluding tert-OH is 1. The van der Waals surface area contributed by atoms with Gasteiger partial charge in [-0.2, -0.15) is 0 Å². The molecule has 1 atom stereocenters. The van der Waals surface area contributed by atoms with Crippen LogP contribution in [-0.4, -0.2) is 5.11 Å². The second kappa shape index (κ2) is 6.28. The van der Waals surface area contributed by atoms with Gasteiger partial charge in [-0.25, -0.2) is 13.2 Å². The minimum Gasteiger partial charge on any atom is -0.388 e. The van der Waals surface area contributed by atoms with E-state index < -0.39 is 23.6 Å². The third-order valence-corrected chi connectivity index (χ3v) is 4.33. The van der Waals surface area contributed by atoms with Gasteiger partial charge in [0.25, 0.3) is 0 Å². The summed E-state index contributed by atoms with van der Waals surface area (Å²) in [4.78, 5) is 0. The second-order valence-electron chi connectivity index (χ2n) is 4.18. The molecular weight excluding hydrogens is 401 g/mol. The monoisotopic (exact) mass is 408 g/mol. The van der Waals surface area contributed by atoms with Gasteiger partial charge in [0.2, 0.25) is 0 Å². The maximum Gasteiger partial charge on any atom is 0.143 e. The topological polar surface area (TPSA) is 20.2 Å². The van der Waals surface area contributed by atoms with Crippen LogP contribution >= 0.6 is 31.9 Å². The third-order valence-electron chi connectivity index (χ3n) is 2.88. The van der Waals surface area contributed by atoms with Crippen LogP contribution in [0.2, 0.25) is 0 Å². The highest BCUT2D eigenvalue weighted by atomic mass is 79.9. The fourth-order valence-corrected chi connectivity index (χ4v) is 2.74. The highest BCUT2D eigenvalue weighted by Crippen LogP contribution is 2.31. The van der Waals surface area contributed by atoms with Crippen molar-refractivity contribution in [1.29, 1.82) is 0 Å². The average molecular weight is 410 g/mol. The van der Waals surface area contributed by atoms with Gasteiger partial charge in [-0.05, 0) is 55.6 Å². The van der Waals surface area contributed by atoms with Crippen LogP contribution in [0.15, 0.2) is 39.3 Å². The van der Waals surface area contributed by atoms with Crippen LogP contribution in [0.1, 0.15) is 17.2 Å². The van der Waals surface area contributed by atoms with E-state index in [0.717, 1.165) is 6.07 Å². The van der Waals surface area contributed by atoms with E-state index in [1.54, 1.807) is 0 Å². The van der Waals surface area contributed by atoms with Crippen LogP contribution in [0.25, 0.3) is 0 Å². The van der Waals surface area contributed by atoms with Gasteiger partial charge in [0.15, 0.2) is 0 Å². The molecule has 0 saturated carbocycles. The lowest BCUT2D eigenvalue weighted by Crippen LogP contribution is -2.07. The molecule has 0 fully saturated rings. The second-order valence-corrected chi connectivity index (χ2v) is 5.83. The lowest BCUT2D eigenvalue weighted by molar-refractivity contribution is 0.174. The summed E-state index contributed by atoms with van der Waals surface area (Å²) in [5, 5.41) is 10.1. The van der Waals surface area contributed by atoms with E-state index in [0.29, 0.717) is 0 Å². The largest absolute Gasteiger partial charge is 0.388 e. The van der Waals surface area contributed by atoms with E-state index >= 15 is 0 Å². The summed E-state index contributed by atoms with van der Waals surface area (Å²) >= 11 is 5.97. The first kappa shape index (κ1) is 15.5. The molecule has 2 aromatic carbocycles. The van der Waals surface area contributed by atoms with Crippen LogP contribution in [-0.2, 0) is 6.42 Å². The zero-order valence-electron chi connectivity index (χ0n) is 10.0. The Bertz CT molecular complexity index is 647. The molecule has 0 aromatic heterocycles. The molecule has 0 heterocycles.